The highest BCUT2D eigenvalue weighted by atomic mass is 19.4. The highest BCUT2D eigenvalue weighted by Crippen LogP contribution is 2.31. The fourth-order valence-corrected chi connectivity index (χ4v) is 2.65. The van der Waals surface area contributed by atoms with Crippen molar-refractivity contribution in [1.29, 1.82) is 0 Å². The Morgan fingerprint density at radius 2 is 2.00 bits per heavy atom. The normalized spacial score (nSPS) is 22.1. The number of amides is 1. The van der Waals surface area contributed by atoms with E-state index in [1.807, 2.05) is 19.9 Å². The third-order valence-electron chi connectivity index (χ3n) is 4.16. The molecule has 2 N–H and O–H groups in total. The van der Waals surface area contributed by atoms with Gasteiger partial charge >= 0.3 is 6.18 Å². The van der Waals surface area contributed by atoms with Crippen molar-refractivity contribution >= 4 is 5.91 Å². The third kappa shape index (κ3) is 4.37. The molecule has 23 heavy (non-hydrogen) atoms. The molecule has 0 aliphatic carbocycles. The molecular weight excluding hydrogens is 309 g/mol. The molecule has 2 rings (SSSR count). The average Bonchev–Trinajstić information content (AvgIpc) is 2.46. The zero-order valence-corrected chi connectivity index (χ0v) is 13.2. The van der Waals surface area contributed by atoms with Gasteiger partial charge < -0.3 is 15.4 Å². The first-order chi connectivity index (χ1) is 10.7. The number of halogens is 3. The van der Waals surface area contributed by atoms with Crippen molar-refractivity contribution in [2.24, 2.45) is 5.73 Å². The van der Waals surface area contributed by atoms with Crippen LogP contribution in [0.3, 0.4) is 0 Å². The van der Waals surface area contributed by atoms with E-state index in [1.165, 1.54) is 0 Å². The maximum atomic E-state index is 13.1. The fourth-order valence-electron chi connectivity index (χ4n) is 2.65. The Morgan fingerprint density at radius 3 is 2.61 bits per heavy atom. The van der Waals surface area contributed by atoms with Crippen LogP contribution in [-0.4, -0.2) is 42.2 Å². The van der Waals surface area contributed by atoms with Crippen molar-refractivity contribution < 1.29 is 22.7 Å². The summed E-state index contributed by atoms with van der Waals surface area (Å²) in [5, 5.41) is 0. The zero-order chi connectivity index (χ0) is 17.2. The number of nitrogens with zero attached hydrogens (tertiary/aromatic N) is 1. The minimum absolute atomic E-state index is 0.0979. The predicted octanol–water partition coefficient (Wildman–Crippen LogP) is 2.56. The number of carbonyl (C=O) groups excluding carboxylic acids is 1. The van der Waals surface area contributed by atoms with Gasteiger partial charge in [0.25, 0.3) is 5.91 Å². The third-order valence-corrected chi connectivity index (χ3v) is 4.16. The van der Waals surface area contributed by atoms with Crippen LogP contribution in [0.5, 0.6) is 5.75 Å². The van der Waals surface area contributed by atoms with Crippen LogP contribution in [-0.2, 0) is 4.79 Å². The number of hydrogen-bond acceptors (Lipinski definition) is 3. The number of ether oxygens (including phenoxy) is 1. The van der Waals surface area contributed by atoms with E-state index in [2.05, 4.69) is 0 Å². The summed E-state index contributed by atoms with van der Waals surface area (Å²) in [7, 11) is 0. The molecule has 1 aliphatic rings. The summed E-state index contributed by atoms with van der Waals surface area (Å²) in [6.07, 6.45) is -4.36. The quantitative estimate of drug-likeness (QED) is 0.927. The molecule has 1 fully saturated rings. The van der Waals surface area contributed by atoms with E-state index >= 15 is 0 Å². The van der Waals surface area contributed by atoms with Crippen LogP contribution in [0.1, 0.15) is 24.0 Å². The molecule has 2 atom stereocenters. The molecule has 1 heterocycles. The minimum atomic E-state index is -4.45. The van der Waals surface area contributed by atoms with Crippen molar-refractivity contribution in [1.82, 2.24) is 4.90 Å². The number of hydrogen-bond donors (Lipinski definition) is 1. The van der Waals surface area contributed by atoms with Gasteiger partial charge in [-0.1, -0.05) is 6.07 Å². The lowest BCUT2D eigenvalue weighted by atomic mass is 9.98. The van der Waals surface area contributed by atoms with Gasteiger partial charge in [-0.05, 0) is 49.9 Å². The largest absolute Gasteiger partial charge is 0.484 e. The monoisotopic (exact) mass is 330 g/mol. The van der Waals surface area contributed by atoms with E-state index in [-0.39, 0.29) is 19.4 Å². The van der Waals surface area contributed by atoms with Gasteiger partial charge in [0.2, 0.25) is 0 Å². The van der Waals surface area contributed by atoms with Crippen LogP contribution in [0.15, 0.2) is 18.2 Å². The molecule has 7 heteroatoms. The summed E-state index contributed by atoms with van der Waals surface area (Å²) in [5.74, 6) is -0.230. The maximum absolute atomic E-state index is 13.1. The number of nitrogens with two attached hydrogens (primary N) is 1. The van der Waals surface area contributed by atoms with Gasteiger partial charge in [0.05, 0.1) is 0 Å². The number of piperidine rings is 1. The predicted molar refractivity (Wildman–Crippen MR) is 80.2 cm³/mol. The van der Waals surface area contributed by atoms with E-state index in [0.29, 0.717) is 5.75 Å². The number of benzene rings is 1. The lowest BCUT2D eigenvalue weighted by Gasteiger charge is -2.39. The van der Waals surface area contributed by atoms with Crippen molar-refractivity contribution in [3.63, 3.8) is 0 Å². The maximum Gasteiger partial charge on any atom is 0.408 e. The van der Waals surface area contributed by atoms with Crippen LogP contribution in [0.25, 0.3) is 0 Å². The molecule has 0 saturated carbocycles. The number of carbonyl (C=O) groups is 1. The molecule has 0 aromatic heterocycles. The molecule has 1 aromatic carbocycles. The molecule has 0 radical (unpaired) electrons. The molecule has 128 valence electrons. The molecule has 0 bridgehead atoms. The Hall–Kier alpha value is -1.76. The Balaban J connectivity index is 2.03. The Morgan fingerprint density at radius 1 is 1.30 bits per heavy atom. The molecule has 1 aromatic rings. The molecule has 1 amide bonds. The van der Waals surface area contributed by atoms with E-state index in [4.69, 9.17) is 10.5 Å². The first-order valence-electron chi connectivity index (χ1n) is 7.50. The highest BCUT2D eigenvalue weighted by Gasteiger charge is 2.47. The second-order valence-electron chi connectivity index (χ2n) is 5.98. The minimum Gasteiger partial charge on any atom is -0.484 e. The number of rotatable bonds is 3. The lowest BCUT2D eigenvalue weighted by Crippen LogP contribution is -2.57. The number of likely N-dealkylation sites (tertiary alicyclic amines) is 1. The molecule has 1 saturated heterocycles. The Labute approximate surface area is 133 Å². The summed E-state index contributed by atoms with van der Waals surface area (Å²) in [4.78, 5) is 13.0. The Kier molecular flexibility index (Phi) is 5.19. The smallest absolute Gasteiger partial charge is 0.408 e. The van der Waals surface area contributed by atoms with Gasteiger partial charge in [0, 0.05) is 12.6 Å². The van der Waals surface area contributed by atoms with E-state index < -0.39 is 30.8 Å². The van der Waals surface area contributed by atoms with Crippen molar-refractivity contribution in [3.8, 4) is 5.75 Å². The summed E-state index contributed by atoms with van der Waals surface area (Å²) in [5.41, 5.74) is 7.77. The highest BCUT2D eigenvalue weighted by molar-refractivity contribution is 5.78. The van der Waals surface area contributed by atoms with Gasteiger partial charge in [-0.3, -0.25) is 4.79 Å². The van der Waals surface area contributed by atoms with Crippen LogP contribution in [0.4, 0.5) is 13.2 Å². The van der Waals surface area contributed by atoms with E-state index in [9.17, 15) is 18.0 Å². The van der Waals surface area contributed by atoms with Crippen molar-refractivity contribution in [2.45, 2.75) is 44.9 Å². The van der Waals surface area contributed by atoms with Crippen molar-refractivity contribution in [2.75, 3.05) is 13.2 Å². The first kappa shape index (κ1) is 17.6. The SMILES string of the molecule is Cc1ccc(OCC(=O)N2C[C@@H](N)CC[C@H]2C(F)(F)F)cc1C. The summed E-state index contributed by atoms with van der Waals surface area (Å²) in [6, 6.07) is 3.08. The zero-order valence-electron chi connectivity index (χ0n) is 13.2. The summed E-state index contributed by atoms with van der Waals surface area (Å²) in [6.45, 7) is 3.31. The fraction of sp³-hybridized carbons (Fsp3) is 0.562. The van der Waals surface area contributed by atoms with Crippen molar-refractivity contribution in [3.05, 3.63) is 29.3 Å². The van der Waals surface area contributed by atoms with E-state index in [1.54, 1.807) is 12.1 Å². The topological polar surface area (TPSA) is 55.6 Å². The molecule has 4 nitrogen and oxygen atoms in total. The van der Waals surface area contributed by atoms with E-state index in [0.717, 1.165) is 16.0 Å². The van der Waals surface area contributed by atoms with Gasteiger partial charge in [-0.2, -0.15) is 13.2 Å². The first-order valence-corrected chi connectivity index (χ1v) is 7.50. The molecule has 0 unspecified atom stereocenters. The Bertz CT molecular complexity index is 575. The standard InChI is InChI=1S/C16H21F3N2O2/c1-10-3-5-13(7-11(10)2)23-9-15(22)21-8-12(20)4-6-14(21)16(17,18)19/h3,5,7,12,14H,4,6,8-9,20H2,1-2H3/t12-,14-/m0/s1. The van der Waals surface area contributed by atoms with Gasteiger partial charge in [0.1, 0.15) is 11.8 Å². The average molecular weight is 330 g/mol. The summed E-state index contributed by atoms with van der Waals surface area (Å²) >= 11 is 0. The second-order valence-corrected chi connectivity index (χ2v) is 5.98. The van der Waals surface area contributed by atoms with Crippen LogP contribution in [0, 0.1) is 13.8 Å². The number of aryl methyl sites for hydroxylation is 2. The molecule has 1 aliphatic heterocycles. The van der Waals surface area contributed by atoms with Gasteiger partial charge in [0.15, 0.2) is 6.61 Å². The van der Waals surface area contributed by atoms with Gasteiger partial charge in [-0.25, -0.2) is 0 Å². The van der Waals surface area contributed by atoms with Crippen LogP contribution >= 0.6 is 0 Å². The van der Waals surface area contributed by atoms with Gasteiger partial charge in [-0.15, -0.1) is 0 Å². The second kappa shape index (κ2) is 6.78. The number of alkyl halides is 3. The van der Waals surface area contributed by atoms with Crippen LogP contribution in [0.2, 0.25) is 0 Å². The van der Waals surface area contributed by atoms with Crippen LogP contribution < -0.4 is 10.5 Å². The lowest BCUT2D eigenvalue weighted by molar-refractivity contribution is -0.197. The molecular formula is C16H21F3N2O2. The summed E-state index contributed by atoms with van der Waals surface area (Å²) < 4.78 is 44.5. The molecule has 0 spiro atoms.